The quantitative estimate of drug-likeness (QED) is 0.401. The van der Waals surface area contributed by atoms with E-state index in [-0.39, 0.29) is 11.7 Å². The fraction of sp³-hybridized carbons (Fsp3) is 0.364. The van der Waals surface area contributed by atoms with Crippen molar-refractivity contribution in [2.45, 2.75) is 46.2 Å². The Hall–Kier alpha value is -3.06. The summed E-state index contributed by atoms with van der Waals surface area (Å²) < 4.78 is 5.73. The molecule has 1 aromatic heterocycles. The van der Waals surface area contributed by atoms with E-state index in [4.69, 9.17) is 4.42 Å². The van der Waals surface area contributed by atoms with Crippen molar-refractivity contribution in [2.75, 3.05) is 0 Å². The third kappa shape index (κ3) is 5.26. The van der Waals surface area contributed by atoms with Gasteiger partial charge in [-0.2, -0.15) is 0 Å². The maximum Gasteiger partial charge on any atom is 0.269 e. The summed E-state index contributed by atoms with van der Waals surface area (Å²) in [5.74, 6) is 1.22. The Morgan fingerprint density at radius 2 is 1.76 bits per heavy atom. The fourth-order valence-electron chi connectivity index (χ4n) is 3.28. The molecule has 0 spiro atoms. The van der Waals surface area contributed by atoms with E-state index in [0.29, 0.717) is 29.8 Å². The highest BCUT2D eigenvalue weighted by atomic mass is 16.6. The molecule has 3 rings (SSSR count). The Bertz CT molecular complexity index is 933. The largest absolute Gasteiger partial charge is 0.419 e. The minimum absolute atomic E-state index is 0.0277. The van der Waals surface area contributed by atoms with Crippen molar-refractivity contribution < 1.29 is 9.34 Å². The van der Waals surface area contributed by atoms with Crippen molar-refractivity contribution in [1.29, 1.82) is 0 Å². The molecule has 2 aromatic carbocycles. The number of nitro benzene ring substituents is 1. The lowest BCUT2D eigenvalue weighted by Gasteiger charge is -2.22. The Morgan fingerprint density at radius 1 is 1.07 bits per heavy atom. The monoisotopic (exact) mass is 394 g/mol. The van der Waals surface area contributed by atoms with Gasteiger partial charge in [-0.3, -0.25) is 10.1 Å². The first-order valence-corrected chi connectivity index (χ1v) is 9.87. The van der Waals surface area contributed by atoms with Crippen molar-refractivity contribution >= 4 is 5.69 Å². The average Bonchev–Trinajstić information content (AvgIpc) is 3.18. The summed E-state index contributed by atoms with van der Waals surface area (Å²) in [5.41, 5.74) is 3.26. The van der Waals surface area contributed by atoms with Crippen LogP contribution in [0.1, 0.15) is 50.3 Å². The molecule has 0 amide bonds. The highest BCUT2D eigenvalue weighted by Crippen LogP contribution is 2.24. The van der Waals surface area contributed by atoms with Crippen molar-refractivity contribution in [3.05, 3.63) is 75.7 Å². The molecule has 0 aliphatic carbocycles. The van der Waals surface area contributed by atoms with Gasteiger partial charge in [-0.25, -0.2) is 0 Å². The summed E-state index contributed by atoms with van der Waals surface area (Å²) in [4.78, 5) is 10.3. The second kappa shape index (κ2) is 9.43. The topological polar surface area (TPSA) is 94.1 Å². The van der Waals surface area contributed by atoms with Crippen LogP contribution >= 0.6 is 0 Å². The van der Waals surface area contributed by atoms with Gasteiger partial charge < -0.3 is 9.73 Å². The summed E-state index contributed by atoms with van der Waals surface area (Å²) in [7, 11) is 0. The normalized spacial score (nSPS) is 12.3. The van der Waals surface area contributed by atoms with E-state index in [9.17, 15) is 10.1 Å². The standard InChI is InChI=1S/C22H26N4O3/c1-4-5-16-6-8-17(9-7-16)21(15(2)3)23-14-20-24-25-22(29-20)18-10-12-19(13-11-18)26(27)28/h6-13,15,21,23H,4-5,14H2,1-3H3. The van der Waals surface area contributed by atoms with Crippen molar-refractivity contribution in [1.82, 2.24) is 15.5 Å². The lowest BCUT2D eigenvalue weighted by Crippen LogP contribution is -2.25. The predicted molar refractivity (Wildman–Crippen MR) is 111 cm³/mol. The molecule has 29 heavy (non-hydrogen) atoms. The molecule has 1 unspecified atom stereocenters. The molecule has 1 heterocycles. The molecule has 3 aromatic rings. The van der Waals surface area contributed by atoms with Crippen LogP contribution < -0.4 is 5.32 Å². The Kier molecular flexibility index (Phi) is 6.72. The second-order valence-electron chi connectivity index (χ2n) is 7.40. The van der Waals surface area contributed by atoms with Gasteiger partial charge in [0.15, 0.2) is 0 Å². The minimum Gasteiger partial charge on any atom is -0.419 e. The molecule has 7 heteroatoms. The average molecular weight is 394 g/mol. The second-order valence-corrected chi connectivity index (χ2v) is 7.40. The van der Waals surface area contributed by atoms with E-state index in [1.165, 1.54) is 23.3 Å². The zero-order valence-corrected chi connectivity index (χ0v) is 17.0. The number of rotatable bonds is 9. The number of nitrogens with one attached hydrogen (secondary N) is 1. The van der Waals surface area contributed by atoms with Crippen molar-refractivity contribution in [3.8, 4) is 11.5 Å². The van der Waals surface area contributed by atoms with E-state index in [2.05, 4.69) is 60.6 Å². The summed E-state index contributed by atoms with van der Waals surface area (Å²) >= 11 is 0. The molecule has 7 nitrogen and oxygen atoms in total. The molecule has 0 bridgehead atoms. The van der Waals surface area contributed by atoms with E-state index >= 15 is 0 Å². The van der Waals surface area contributed by atoms with Gasteiger partial charge in [-0.1, -0.05) is 51.5 Å². The number of nitro groups is 1. The van der Waals surface area contributed by atoms with Gasteiger partial charge in [0.25, 0.3) is 5.69 Å². The molecule has 0 radical (unpaired) electrons. The lowest BCUT2D eigenvalue weighted by molar-refractivity contribution is -0.384. The summed E-state index contributed by atoms with van der Waals surface area (Å²) in [6, 6.07) is 15.0. The van der Waals surface area contributed by atoms with Gasteiger partial charge in [0.05, 0.1) is 11.5 Å². The molecular formula is C22H26N4O3. The van der Waals surface area contributed by atoms with Gasteiger partial charge in [0.1, 0.15) is 0 Å². The van der Waals surface area contributed by atoms with Gasteiger partial charge in [-0.15, -0.1) is 10.2 Å². The lowest BCUT2D eigenvalue weighted by atomic mass is 9.94. The highest BCUT2D eigenvalue weighted by Gasteiger charge is 2.17. The van der Waals surface area contributed by atoms with Gasteiger partial charge in [-0.05, 0) is 35.6 Å². The molecule has 152 valence electrons. The zero-order valence-electron chi connectivity index (χ0n) is 17.0. The number of aryl methyl sites for hydroxylation is 1. The first-order valence-electron chi connectivity index (χ1n) is 9.87. The number of benzene rings is 2. The summed E-state index contributed by atoms with van der Waals surface area (Å²) in [5, 5.41) is 22.4. The highest BCUT2D eigenvalue weighted by molar-refractivity contribution is 5.55. The summed E-state index contributed by atoms with van der Waals surface area (Å²) in [6.07, 6.45) is 2.23. The third-order valence-electron chi connectivity index (χ3n) is 4.81. The van der Waals surface area contributed by atoms with E-state index < -0.39 is 4.92 Å². The van der Waals surface area contributed by atoms with Crippen LogP contribution in [0.3, 0.4) is 0 Å². The van der Waals surface area contributed by atoms with Crippen LogP contribution in [-0.2, 0) is 13.0 Å². The number of hydrogen-bond acceptors (Lipinski definition) is 6. The van der Waals surface area contributed by atoms with Crippen LogP contribution in [0.25, 0.3) is 11.5 Å². The minimum atomic E-state index is -0.437. The Balaban J connectivity index is 1.67. The smallest absolute Gasteiger partial charge is 0.269 e. The molecule has 1 N–H and O–H groups in total. The fourth-order valence-corrected chi connectivity index (χ4v) is 3.28. The van der Waals surface area contributed by atoms with Gasteiger partial charge >= 0.3 is 0 Å². The Morgan fingerprint density at radius 3 is 2.34 bits per heavy atom. The van der Waals surface area contributed by atoms with Crippen LogP contribution in [0.15, 0.2) is 52.9 Å². The summed E-state index contributed by atoms with van der Waals surface area (Å²) in [6.45, 7) is 6.97. The SMILES string of the molecule is CCCc1ccc(C(NCc2nnc(-c3ccc([N+](=O)[O-])cc3)o2)C(C)C)cc1. The third-order valence-corrected chi connectivity index (χ3v) is 4.81. The van der Waals surface area contributed by atoms with Crippen LogP contribution in [0.2, 0.25) is 0 Å². The van der Waals surface area contributed by atoms with Crippen LogP contribution in [0, 0.1) is 16.0 Å². The first-order chi connectivity index (χ1) is 14.0. The number of non-ortho nitro benzene ring substituents is 1. The predicted octanol–water partition coefficient (Wildman–Crippen LogP) is 5.08. The van der Waals surface area contributed by atoms with Gasteiger partial charge in [0.2, 0.25) is 11.8 Å². The number of hydrogen-bond donors (Lipinski definition) is 1. The zero-order chi connectivity index (χ0) is 20.8. The Labute approximate surface area is 170 Å². The number of aromatic nitrogens is 2. The van der Waals surface area contributed by atoms with E-state index in [1.54, 1.807) is 12.1 Å². The van der Waals surface area contributed by atoms with Crippen molar-refractivity contribution in [3.63, 3.8) is 0 Å². The van der Waals surface area contributed by atoms with Crippen molar-refractivity contribution in [2.24, 2.45) is 5.92 Å². The molecule has 0 saturated heterocycles. The number of nitrogens with zero attached hydrogens (tertiary/aromatic N) is 3. The molecule has 0 aliphatic heterocycles. The maximum atomic E-state index is 10.8. The van der Waals surface area contributed by atoms with Crippen LogP contribution in [0.5, 0.6) is 0 Å². The maximum absolute atomic E-state index is 10.8. The van der Waals surface area contributed by atoms with Gasteiger partial charge in [0, 0.05) is 23.7 Å². The van der Waals surface area contributed by atoms with Crippen LogP contribution in [0.4, 0.5) is 5.69 Å². The molecule has 0 fully saturated rings. The van der Waals surface area contributed by atoms with E-state index in [1.807, 2.05) is 0 Å². The molecule has 1 atom stereocenters. The van der Waals surface area contributed by atoms with Crippen LogP contribution in [-0.4, -0.2) is 15.1 Å². The molecule has 0 saturated carbocycles. The van der Waals surface area contributed by atoms with E-state index in [0.717, 1.165) is 12.8 Å². The molecule has 0 aliphatic rings. The molecular weight excluding hydrogens is 368 g/mol. The first kappa shape index (κ1) is 20.7.